The molecule has 0 spiro atoms. The zero-order chi connectivity index (χ0) is 17.6. The molecule has 1 heterocycles. The van der Waals surface area contributed by atoms with Gasteiger partial charge in [0.25, 0.3) is 0 Å². The first-order valence-electron chi connectivity index (χ1n) is 8.60. The molecule has 0 aromatic heterocycles. The Morgan fingerprint density at radius 1 is 1.16 bits per heavy atom. The van der Waals surface area contributed by atoms with E-state index in [0.29, 0.717) is 11.1 Å². The second kappa shape index (κ2) is 6.36. The summed E-state index contributed by atoms with van der Waals surface area (Å²) in [6, 6.07) is 10.4. The van der Waals surface area contributed by atoms with E-state index in [1.54, 1.807) is 0 Å². The second-order valence-electron chi connectivity index (χ2n) is 7.02. The Labute approximate surface area is 152 Å². The number of hydrogen-bond acceptors (Lipinski definition) is 4. The molecule has 4 rings (SSSR count). The lowest BCUT2D eigenvalue weighted by Gasteiger charge is -2.38. The van der Waals surface area contributed by atoms with Crippen LogP contribution in [0, 0.1) is 0 Å². The summed E-state index contributed by atoms with van der Waals surface area (Å²) >= 11 is 6.17. The number of halogens is 1. The van der Waals surface area contributed by atoms with E-state index in [9.17, 15) is 5.11 Å². The van der Waals surface area contributed by atoms with Gasteiger partial charge >= 0.3 is 0 Å². The Hall–Kier alpha value is -2.04. The number of likely N-dealkylation sites (N-methyl/N-ethyl adjacent to an activating group) is 1. The molecule has 0 saturated heterocycles. The minimum atomic E-state index is 0.143. The molecular weight excluding hydrogens is 336 g/mol. The topological polar surface area (TPSA) is 56.1 Å². The van der Waals surface area contributed by atoms with Gasteiger partial charge in [0.15, 0.2) is 0 Å². The fourth-order valence-corrected chi connectivity index (χ4v) is 4.58. The lowest BCUT2D eigenvalue weighted by molar-refractivity contribution is 0.214. The van der Waals surface area contributed by atoms with Crippen molar-refractivity contribution in [3.8, 4) is 5.75 Å². The molecule has 25 heavy (non-hydrogen) atoms. The van der Waals surface area contributed by atoms with Crippen LogP contribution >= 0.6 is 11.6 Å². The van der Waals surface area contributed by atoms with E-state index in [2.05, 4.69) is 29.2 Å². The van der Waals surface area contributed by atoms with Crippen LogP contribution in [0.1, 0.15) is 40.2 Å². The molecular formula is C20H21ClN2O2. The van der Waals surface area contributed by atoms with Crippen molar-refractivity contribution in [2.75, 3.05) is 13.6 Å². The summed E-state index contributed by atoms with van der Waals surface area (Å²) in [6.07, 6.45) is 4.51. The third-order valence-corrected chi connectivity index (χ3v) is 5.95. The van der Waals surface area contributed by atoms with E-state index < -0.39 is 0 Å². The molecule has 130 valence electrons. The molecule has 2 N–H and O–H groups in total. The Morgan fingerprint density at radius 3 is 2.76 bits per heavy atom. The number of fused-ring (bicyclic) bond motifs is 5. The van der Waals surface area contributed by atoms with Gasteiger partial charge in [-0.05, 0) is 72.3 Å². The van der Waals surface area contributed by atoms with Crippen LogP contribution in [-0.4, -0.2) is 41.1 Å². The van der Waals surface area contributed by atoms with Crippen molar-refractivity contribution in [1.82, 2.24) is 4.90 Å². The van der Waals surface area contributed by atoms with Crippen LogP contribution in [0.5, 0.6) is 5.75 Å². The van der Waals surface area contributed by atoms with E-state index in [-0.39, 0.29) is 11.7 Å². The van der Waals surface area contributed by atoms with Crippen LogP contribution in [0.25, 0.3) is 0 Å². The van der Waals surface area contributed by atoms with Gasteiger partial charge in [-0.25, -0.2) is 0 Å². The first-order valence-corrected chi connectivity index (χ1v) is 8.98. The first kappa shape index (κ1) is 16.4. The van der Waals surface area contributed by atoms with Gasteiger partial charge in [-0.2, -0.15) is 0 Å². The quantitative estimate of drug-likeness (QED) is 0.464. The summed E-state index contributed by atoms with van der Waals surface area (Å²) in [5.41, 5.74) is 5.83. The molecule has 2 atom stereocenters. The normalized spacial score (nSPS) is 23.0. The number of aryl methyl sites for hydroxylation is 1. The molecule has 0 amide bonds. The Morgan fingerprint density at radius 2 is 1.96 bits per heavy atom. The zero-order valence-electron chi connectivity index (χ0n) is 14.1. The number of oxime groups is 1. The molecule has 2 aliphatic rings. The molecule has 0 unspecified atom stereocenters. The molecule has 2 aromatic carbocycles. The SMILES string of the molecule is CN1CCc2cc(Cl)c(O)cc2[C@H]2c3cc(/C=N/O)ccc3CC[C@@H]21. The number of aromatic hydroxyl groups is 1. The average molecular weight is 357 g/mol. The van der Waals surface area contributed by atoms with E-state index in [0.717, 1.165) is 36.9 Å². The Bertz CT molecular complexity index is 850. The number of benzene rings is 2. The molecule has 1 aliphatic heterocycles. The maximum atomic E-state index is 10.2. The van der Waals surface area contributed by atoms with Gasteiger partial charge in [-0.15, -0.1) is 0 Å². The van der Waals surface area contributed by atoms with Gasteiger partial charge in [0.05, 0.1) is 11.2 Å². The highest BCUT2D eigenvalue weighted by molar-refractivity contribution is 6.32. The molecule has 1 aliphatic carbocycles. The van der Waals surface area contributed by atoms with Gasteiger partial charge in [0.1, 0.15) is 5.75 Å². The minimum absolute atomic E-state index is 0.143. The number of phenols is 1. The third kappa shape index (κ3) is 2.79. The largest absolute Gasteiger partial charge is 0.506 e. The summed E-state index contributed by atoms with van der Waals surface area (Å²) in [6.45, 7) is 0.975. The van der Waals surface area contributed by atoms with Gasteiger partial charge in [0, 0.05) is 18.5 Å². The number of rotatable bonds is 1. The van der Waals surface area contributed by atoms with Crippen LogP contribution in [0.15, 0.2) is 35.5 Å². The van der Waals surface area contributed by atoms with E-state index in [1.165, 1.54) is 22.9 Å². The summed E-state index contributed by atoms with van der Waals surface area (Å²) in [5.74, 6) is 0.324. The predicted molar refractivity (Wildman–Crippen MR) is 99.2 cm³/mol. The van der Waals surface area contributed by atoms with Crippen molar-refractivity contribution in [2.45, 2.75) is 31.2 Å². The maximum absolute atomic E-state index is 10.2. The van der Waals surface area contributed by atoms with Gasteiger partial charge in [-0.3, -0.25) is 0 Å². The van der Waals surface area contributed by atoms with E-state index in [1.807, 2.05) is 18.2 Å². The van der Waals surface area contributed by atoms with Crippen molar-refractivity contribution < 1.29 is 10.3 Å². The summed E-state index contributed by atoms with van der Waals surface area (Å²) < 4.78 is 0. The average Bonchev–Trinajstić information content (AvgIpc) is 2.74. The lowest BCUT2D eigenvalue weighted by atomic mass is 9.74. The fraction of sp³-hybridized carbons (Fsp3) is 0.350. The number of hydrogen-bond donors (Lipinski definition) is 2. The van der Waals surface area contributed by atoms with Crippen LogP contribution < -0.4 is 0 Å². The molecule has 5 heteroatoms. The van der Waals surface area contributed by atoms with Crippen molar-refractivity contribution >= 4 is 17.8 Å². The van der Waals surface area contributed by atoms with Gasteiger partial charge < -0.3 is 15.2 Å². The maximum Gasteiger partial charge on any atom is 0.134 e. The highest BCUT2D eigenvalue weighted by Gasteiger charge is 2.36. The summed E-state index contributed by atoms with van der Waals surface area (Å²) in [4.78, 5) is 2.42. The zero-order valence-corrected chi connectivity index (χ0v) is 14.9. The van der Waals surface area contributed by atoms with E-state index in [4.69, 9.17) is 16.8 Å². The monoisotopic (exact) mass is 356 g/mol. The molecule has 0 fully saturated rings. The van der Waals surface area contributed by atoms with Crippen molar-refractivity contribution in [3.05, 3.63) is 63.2 Å². The fourth-order valence-electron chi connectivity index (χ4n) is 4.39. The molecule has 0 saturated carbocycles. The molecule has 4 nitrogen and oxygen atoms in total. The predicted octanol–water partition coefficient (Wildman–Crippen LogP) is 3.79. The smallest absolute Gasteiger partial charge is 0.134 e. The summed E-state index contributed by atoms with van der Waals surface area (Å²) in [7, 11) is 2.18. The summed E-state index contributed by atoms with van der Waals surface area (Å²) in [5, 5.41) is 22.7. The van der Waals surface area contributed by atoms with Crippen molar-refractivity contribution in [2.24, 2.45) is 5.16 Å². The van der Waals surface area contributed by atoms with Gasteiger partial charge in [0.2, 0.25) is 0 Å². The Balaban J connectivity index is 1.93. The number of phenolic OH excluding ortho intramolecular Hbond substituents is 1. The third-order valence-electron chi connectivity index (χ3n) is 5.65. The van der Waals surface area contributed by atoms with Crippen LogP contribution in [0.4, 0.5) is 0 Å². The highest BCUT2D eigenvalue weighted by atomic mass is 35.5. The highest BCUT2D eigenvalue weighted by Crippen LogP contribution is 2.44. The Kier molecular flexibility index (Phi) is 4.18. The van der Waals surface area contributed by atoms with Crippen molar-refractivity contribution in [3.63, 3.8) is 0 Å². The standard InChI is InChI=1S/C20H21ClN2O2/c1-23-7-6-14-9-17(21)19(24)10-16(14)20-15-8-12(11-22-25)2-3-13(15)4-5-18(20)23/h2-3,8-11,18,20,24-25H,4-7H2,1H3/b22-11+/t18-,20+/m0/s1. The molecule has 0 radical (unpaired) electrons. The first-order chi connectivity index (χ1) is 12.1. The van der Waals surface area contributed by atoms with E-state index >= 15 is 0 Å². The van der Waals surface area contributed by atoms with Crippen molar-refractivity contribution in [1.29, 1.82) is 0 Å². The molecule has 0 bridgehead atoms. The second-order valence-corrected chi connectivity index (χ2v) is 7.43. The van der Waals surface area contributed by atoms with Crippen LogP contribution in [0.3, 0.4) is 0 Å². The minimum Gasteiger partial charge on any atom is -0.506 e. The van der Waals surface area contributed by atoms with Crippen LogP contribution in [-0.2, 0) is 12.8 Å². The lowest BCUT2D eigenvalue weighted by Crippen LogP contribution is -2.39. The van der Waals surface area contributed by atoms with Gasteiger partial charge in [-0.1, -0.05) is 28.9 Å². The molecule has 2 aromatic rings. The van der Waals surface area contributed by atoms with Crippen LogP contribution in [0.2, 0.25) is 5.02 Å². The number of nitrogens with zero attached hydrogens (tertiary/aromatic N) is 2.